The van der Waals surface area contributed by atoms with Crippen LogP contribution in [0.15, 0.2) is 24.5 Å². The van der Waals surface area contributed by atoms with E-state index in [1.54, 1.807) is 20.5 Å². The summed E-state index contributed by atoms with van der Waals surface area (Å²) in [6.07, 6.45) is 1.75. The molecule has 3 aromatic rings. The fourth-order valence-corrected chi connectivity index (χ4v) is 2.71. The number of hydrogen-bond acceptors (Lipinski definition) is 6. The molecule has 0 saturated heterocycles. The molecule has 0 bridgehead atoms. The molecule has 0 aliphatic heterocycles. The summed E-state index contributed by atoms with van der Waals surface area (Å²) in [5.41, 5.74) is 2.39. The number of methoxy groups -OCH3 is 2. The summed E-state index contributed by atoms with van der Waals surface area (Å²) >= 11 is 6.09. The van der Waals surface area contributed by atoms with Crippen molar-refractivity contribution in [2.24, 2.45) is 0 Å². The van der Waals surface area contributed by atoms with Crippen molar-refractivity contribution in [1.82, 2.24) is 19.5 Å². The standard InChI is InChI=1S/C17H20ClN5O2/c1-10(2)23-9-20-14-15(21-17(18)22-16(14)23)19-8-11-5-12(24-3)7-13(6-11)25-4/h5-7,9-10H,8H2,1-4H3,(H,19,21,22). The fraction of sp³-hybridized carbons (Fsp3) is 0.353. The second-order valence-electron chi connectivity index (χ2n) is 5.83. The van der Waals surface area contributed by atoms with Gasteiger partial charge >= 0.3 is 0 Å². The van der Waals surface area contributed by atoms with Gasteiger partial charge < -0.3 is 19.4 Å². The highest BCUT2D eigenvalue weighted by molar-refractivity contribution is 6.28. The van der Waals surface area contributed by atoms with Crippen LogP contribution in [-0.4, -0.2) is 33.7 Å². The monoisotopic (exact) mass is 361 g/mol. The summed E-state index contributed by atoms with van der Waals surface area (Å²) in [5, 5.41) is 3.46. The fourth-order valence-electron chi connectivity index (χ4n) is 2.55. The van der Waals surface area contributed by atoms with Crippen molar-refractivity contribution < 1.29 is 9.47 Å². The Labute approximate surface area is 151 Å². The van der Waals surface area contributed by atoms with Gasteiger partial charge in [-0.05, 0) is 43.1 Å². The van der Waals surface area contributed by atoms with Gasteiger partial charge in [0.05, 0.1) is 20.5 Å². The zero-order chi connectivity index (χ0) is 18.0. The van der Waals surface area contributed by atoms with Gasteiger partial charge in [0.25, 0.3) is 0 Å². The smallest absolute Gasteiger partial charge is 0.226 e. The Morgan fingerprint density at radius 1 is 1.12 bits per heavy atom. The Morgan fingerprint density at radius 2 is 1.80 bits per heavy atom. The third-order valence-corrected chi connectivity index (χ3v) is 3.99. The van der Waals surface area contributed by atoms with Crippen LogP contribution in [0.25, 0.3) is 11.2 Å². The zero-order valence-corrected chi connectivity index (χ0v) is 15.3. The van der Waals surface area contributed by atoms with Crippen LogP contribution in [0.2, 0.25) is 5.28 Å². The van der Waals surface area contributed by atoms with Gasteiger partial charge in [0, 0.05) is 18.7 Å². The molecule has 0 fully saturated rings. The first kappa shape index (κ1) is 17.3. The Balaban J connectivity index is 1.91. The molecule has 2 heterocycles. The van der Waals surface area contributed by atoms with Crippen LogP contribution in [0.1, 0.15) is 25.5 Å². The first-order valence-corrected chi connectivity index (χ1v) is 8.25. The van der Waals surface area contributed by atoms with Crippen molar-refractivity contribution in [3.63, 3.8) is 0 Å². The lowest BCUT2D eigenvalue weighted by Gasteiger charge is -2.11. The van der Waals surface area contributed by atoms with E-state index in [0.29, 0.717) is 23.5 Å². The average molecular weight is 362 g/mol. The minimum atomic E-state index is 0.181. The number of imidazole rings is 1. The molecule has 0 radical (unpaired) electrons. The maximum absolute atomic E-state index is 6.09. The number of aromatic nitrogens is 4. The number of benzene rings is 1. The van der Waals surface area contributed by atoms with E-state index in [1.807, 2.05) is 22.8 Å². The summed E-state index contributed by atoms with van der Waals surface area (Å²) < 4.78 is 12.6. The number of ether oxygens (including phenoxy) is 2. The van der Waals surface area contributed by atoms with Gasteiger partial charge in [-0.1, -0.05) is 0 Å². The summed E-state index contributed by atoms with van der Waals surface area (Å²) in [4.78, 5) is 13.0. The van der Waals surface area contributed by atoms with Crippen molar-refractivity contribution in [3.05, 3.63) is 35.4 Å². The van der Waals surface area contributed by atoms with Crippen molar-refractivity contribution in [3.8, 4) is 11.5 Å². The number of rotatable bonds is 6. The largest absolute Gasteiger partial charge is 0.497 e. The highest BCUT2D eigenvalue weighted by atomic mass is 35.5. The van der Waals surface area contributed by atoms with Crippen LogP contribution >= 0.6 is 11.6 Å². The molecule has 0 unspecified atom stereocenters. The van der Waals surface area contributed by atoms with E-state index in [4.69, 9.17) is 21.1 Å². The number of hydrogen-bond donors (Lipinski definition) is 1. The molecule has 0 aliphatic rings. The van der Waals surface area contributed by atoms with Crippen LogP contribution in [-0.2, 0) is 6.54 Å². The number of nitrogens with zero attached hydrogens (tertiary/aromatic N) is 4. The summed E-state index contributed by atoms with van der Waals surface area (Å²) in [7, 11) is 3.25. The molecule has 0 saturated carbocycles. The van der Waals surface area contributed by atoms with E-state index in [-0.39, 0.29) is 11.3 Å². The molecule has 3 rings (SSSR count). The van der Waals surface area contributed by atoms with E-state index >= 15 is 0 Å². The Kier molecular flexibility index (Phi) is 4.94. The highest BCUT2D eigenvalue weighted by Gasteiger charge is 2.14. The van der Waals surface area contributed by atoms with E-state index < -0.39 is 0 Å². The SMILES string of the molecule is COc1cc(CNc2nc(Cl)nc3c2ncn3C(C)C)cc(OC)c1. The van der Waals surface area contributed by atoms with Gasteiger partial charge in [0.2, 0.25) is 5.28 Å². The molecule has 132 valence electrons. The second kappa shape index (κ2) is 7.14. The van der Waals surface area contributed by atoms with Crippen molar-refractivity contribution in [2.45, 2.75) is 26.4 Å². The Hall–Kier alpha value is -2.54. The van der Waals surface area contributed by atoms with E-state index in [9.17, 15) is 0 Å². The lowest BCUT2D eigenvalue weighted by atomic mass is 10.2. The molecular formula is C17H20ClN5O2. The number of nitrogens with one attached hydrogen (secondary N) is 1. The first-order chi connectivity index (χ1) is 12.0. The molecule has 8 heteroatoms. The van der Waals surface area contributed by atoms with E-state index in [0.717, 1.165) is 17.1 Å². The third kappa shape index (κ3) is 3.61. The van der Waals surface area contributed by atoms with E-state index in [2.05, 4.69) is 34.1 Å². The van der Waals surface area contributed by atoms with Crippen LogP contribution in [0.3, 0.4) is 0 Å². The summed E-state index contributed by atoms with van der Waals surface area (Å²) in [6, 6.07) is 5.92. The number of fused-ring (bicyclic) bond motifs is 1. The zero-order valence-electron chi connectivity index (χ0n) is 14.6. The Morgan fingerprint density at radius 3 is 2.40 bits per heavy atom. The maximum Gasteiger partial charge on any atom is 0.226 e. The quantitative estimate of drug-likeness (QED) is 0.675. The summed E-state index contributed by atoms with van der Waals surface area (Å²) in [6.45, 7) is 4.64. The molecule has 1 N–H and O–H groups in total. The van der Waals surface area contributed by atoms with Gasteiger partial charge in [0.15, 0.2) is 17.0 Å². The highest BCUT2D eigenvalue weighted by Crippen LogP contribution is 2.26. The molecule has 25 heavy (non-hydrogen) atoms. The lowest BCUT2D eigenvalue weighted by molar-refractivity contribution is 0.393. The maximum atomic E-state index is 6.09. The minimum Gasteiger partial charge on any atom is -0.497 e. The Bertz CT molecular complexity index is 872. The second-order valence-corrected chi connectivity index (χ2v) is 6.17. The first-order valence-electron chi connectivity index (χ1n) is 7.87. The van der Waals surface area contributed by atoms with Crippen molar-refractivity contribution >= 4 is 28.6 Å². The van der Waals surface area contributed by atoms with Gasteiger partial charge in [0.1, 0.15) is 11.5 Å². The summed E-state index contributed by atoms with van der Waals surface area (Å²) in [5.74, 6) is 2.05. The molecular weight excluding hydrogens is 342 g/mol. The molecule has 0 atom stereocenters. The topological polar surface area (TPSA) is 74.1 Å². The predicted octanol–water partition coefficient (Wildman–Crippen LogP) is 3.69. The molecule has 7 nitrogen and oxygen atoms in total. The average Bonchev–Trinajstić information content (AvgIpc) is 3.03. The molecule has 0 spiro atoms. The van der Waals surface area contributed by atoms with E-state index in [1.165, 1.54) is 0 Å². The minimum absolute atomic E-state index is 0.181. The van der Waals surface area contributed by atoms with Gasteiger partial charge in [-0.2, -0.15) is 9.97 Å². The number of anilines is 1. The lowest BCUT2D eigenvalue weighted by Crippen LogP contribution is -2.05. The number of halogens is 1. The van der Waals surface area contributed by atoms with Gasteiger partial charge in [-0.25, -0.2) is 4.98 Å². The molecule has 1 aromatic carbocycles. The van der Waals surface area contributed by atoms with Gasteiger partial charge in [-0.3, -0.25) is 0 Å². The predicted molar refractivity (Wildman–Crippen MR) is 97.6 cm³/mol. The molecule has 0 amide bonds. The van der Waals surface area contributed by atoms with Crippen LogP contribution in [0.5, 0.6) is 11.5 Å². The molecule has 0 aliphatic carbocycles. The van der Waals surface area contributed by atoms with Crippen LogP contribution in [0.4, 0.5) is 5.82 Å². The van der Waals surface area contributed by atoms with Crippen molar-refractivity contribution in [1.29, 1.82) is 0 Å². The van der Waals surface area contributed by atoms with Gasteiger partial charge in [-0.15, -0.1) is 0 Å². The van der Waals surface area contributed by atoms with Crippen LogP contribution in [0, 0.1) is 0 Å². The van der Waals surface area contributed by atoms with Crippen LogP contribution < -0.4 is 14.8 Å². The normalized spacial score (nSPS) is 11.1. The van der Waals surface area contributed by atoms with Crippen molar-refractivity contribution in [2.75, 3.05) is 19.5 Å². The third-order valence-electron chi connectivity index (χ3n) is 3.82. The molecule has 2 aromatic heterocycles.